The molecule has 2 aliphatic rings. The number of H-pyrrole nitrogens is 1. The van der Waals surface area contributed by atoms with Gasteiger partial charge in [0.25, 0.3) is 5.91 Å². The van der Waals surface area contributed by atoms with Crippen LogP contribution in [0.4, 0.5) is 0 Å². The molecule has 0 saturated carbocycles. The maximum Gasteiger partial charge on any atom is 0.275 e. The number of amides is 1. The first-order valence-corrected chi connectivity index (χ1v) is 8.65. The van der Waals surface area contributed by atoms with Gasteiger partial charge in [-0.15, -0.1) is 0 Å². The summed E-state index contributed by atoms with van der Waals surface area (Å²) in [5.41, 5.74) is 2.63. The molecule has 0 aliphatic carbocycles. The number of fused-ring (bicyclic) bond motifs is 1. The number of ether oxygens (including phenoxy) is 1. The molecular formula is C18H29N3O2. The van der Waals surface area contributed by atoms with E-state index in [4.69, 9.17) is 4.74 Å². The van der Waals surface area contributed by atoms with Crippen molar-refractivity contribution in [2.24, 2.45) is 5.41 Å². The first-order valence-electron chi connectivity index (χ1n) is 8.65. The molecular weight excluding hydrogens is 290 g/mol. The molecule has 1 saturated heterocycles. The molecule has 5 nitrogen and oxygen atoms in total. The molecule has 1 aromatic rings. The fraction of sp³-hybridized carbons (Fsp3) is 0.778. The van der Waals surface area contributed by atoms with E-state index in [1.807, 2.05) is 11.8 Å². The molecule has 3 heterocycles. The van der Waals surface area contributed by atoms with E-state index in [2.05, 4.69) is 44.8 Å². The van der Waals surface area contributed by atoms with Crippen molar-refractivity contribution in [2.45, 2.75) is 78.6 Å². The van der Waals surface area contributed by atoms with E-state index in [1.165, 1.54) is 0 Å². The molecule has 128 valence electrons. The normalized spacial score (nSPS) is 29.2. The lowest BCUT2D eigenvalue weighted by molar-refractivity contribution is -0.00740. The van der Waals surface area contributed by atoms with E-state index >= 15 is 0 Å². The van der Waals surface area contributed by atoms with Gasteiger partial charge in [0.05, 0.1) is 17.9 Å². The molecule has 1 N–H and O–H groups in total. The van der Waals surface area contributed by atoms with Gasteiger partial charge in [-0.25, -0.2) is 0 Å². The van der Waals surface area contributed by atoms with E-state index in [0.717, 1.165) is 37.1 Å². The van der Waals surface area contributed by atoms with Gasteiger partial charge in [0.1, 0.15) is 0 Å². The monoisotopic (exact) mass is 319 g/mol. The lowest BCUT2D eigenvalue weighted by atomic mass is 9.76. The zero-order valence-electron chi connectivity index (χ0n) is 15.2. The summed E-state index contributed by atoms with van der Waals surface area (Å²) in [6.07, 6.45) is 2.99. The number of aromatic amines is 1. The van der Waals surface area contributed by atoms with Crippen LogP contribution in [0.15, 0.2) is 0 Å². The summed E-state index contributed by atoms with van der Waals surface area (Å²) < 4.78 is 5.83. The summed E-state index contributed by atoms with van der Waals surface area (Å²) >= 11 is 0. The maximum atomic E-state index is 13.3. The summed E-state index contributed by atoms with van der Waals surface area (Å²) in [4.78, 5) is 15.3. The number of piperidine rings is 1. The predicted octanol–water partition coefficient (Wildman–Crippen LogP) is 3.47. The number of aromatic nitrogens is 2. The Morgan fingerprint density at radius 2 is 1.96 bits per heavy atom. The predicted molar refractivity (Wildman–Crippen MR) is 89.4 cm³/mol. The highest BCUT2D eigenvalue weighted by atomic mass is 16.5. The number of nitrogens with one attached hydrogen (secondary N) is 1. The van der Waals surface area contributed by atoms with Crippen molar-refractivity contribution in [3.05, 3.63) is 17.0 Å². The van der Waals surface area contributed by atoms with Crippen LogP contribution in [0, 0.1) is 5.41 Å². The van der Waals surface area contributed by atoms with E-state index in [0.29, 0.717) is 5.69 Å². The van der Waals surface area contributed by atoms with E-state index < -0.39 is 0 Å². The van der Waals surface area contributed by atoms with Crippen molar-refractivity contribution < 1.29 is 9.53 Å². The zero-order chi connectivity index (χ0) is 17.0. The smallest absolute Gasteiger partial charge is 0.275 e. The Kier molecular flexibility index (Phi) is 3.82. The minimum atomic E-state index is -0.124. The molecule has 23 heavy (non-hydrogen) atoms. The molecule has 1 amide bonds. The summed E-state index contributed by atoms with van der Waals surface area (Å²) in [6.45, 7) is 13.6. The second-order valence-electron chi connectivity index (χ2n) is 8.63. The number of nitrogens with zero attached hydrogens (tertiary/aromatic N) is 2. The van der Waals surface area contributed by atoms with Crippen LogP contribution in [0.25, 0.3) is 0 Å². The van der Waals surface area contributed by atoms with Crippen LogP contribution in [0.1, 0.15) is 82.2 Å². The van der Waals surface area contributed by atoms with Crippen molar-refractivity contribution >= 4 is 5.91 Å². The quantitative estimate of drug-likeness (QED) is 0.862. The van der Waals surface area contributed by atoms with Gasteiger partial charge in [-0.05, 0) is 46.0 Å². The van der Waals surface area contributed by atoms with Crippen molar-refractivity contribution in [2.75, 3.05) is 6.54 Å². The minimum absolute atomic E-state index is 0.0337. The van der Waals surface area contributed by atoms with Gasteiger partial charge in [-0.3, -0.25) is 9.89 Å². The third-order valence-electron chi connectivity index (χ3n) is 5.41. The number of carbonyl (C=O) groups excluding carboxylic acids is 1. The van der Waals surface area contributed by atoms with E-state index in [-0.39, 0.29) is 29.1 Å². The minimum Gasteiger partial charge on any atom is -0.369 e. The second-order valence-corrected chi connectivity index (χ2v) is 8.63. The van der Waals surface area contributed by atoms with Gasteiger partial charge < -0.3 is 9.64 Å². The van der Waals surface area contributed by atoms with Crippen LogP contribution >= 0.6 is 0 Å². The fourth-order valence-corrected chi connectivity index (χ4v) is 3.83. The molecule has 0 radical (unpaired) electrons. The zero-order valence-corrected chi connectivity index (χ0v) is 15.2. The first kappa shape index (κ1) is 16.5. The highest BCUT2D eigenvalue weighted by Crippen LogP contribution is 2.39. The number of carbonyl (C=O) groups is 1. The van der Waals surface area contributed by atoms with Gasteiger partial charge in [0, 0.05) is 24.1 Å². The SMILES string of the molecule is C[C@@H]1Cc2c(C(=O)N3CC(C)(C)CCC3(C)C)n[nH]c2[C@H](C)O1. The van der Waals surface area contributed by atoms with Gasteiger partial charge in [-0.1, -0.05) is 13.8 Å². The Morgan fingerprint density at radius 1 is 1.26 bits per heavy atom. The molecule has 0 aromatic carbocycles. The molecule has 0 unspecified atom stereocenters. The van der Waals surface area contributed by atoms with Crippen molar-refractivity contribution in [1.82, 2.24) is 15.1 Å². The number of hydrogen-bond acceptors (Lipinski definition) is 3. The highest BCUT2D eigenvalue weighted by molar-refractivity contribution is 5.94. The molecule has 3 rings (SSSR count). The third kappa shape index (κ3) is 2.91. The van der Waals surface area contributed by atoms with Crippen molar-refractivity contribution in [3.63, 3.8) is 0 Å². The average Bonchev–Trinajstić information content (AvgIpc) is 2.85. The molecule has 2 aliphatic heterocycles. The molecule has 1 fully saturated rings. The molecule has 0 spiro atoms. The Hall–Kier alpha value is -1.36. The summed E-state index contributed by atoms with van der Waals surface area (Å²) in [5.74, 6) is 0.0570. The largest absolute Gasteiger partial charge is 0.369 e. The van der Waals surface area contributed by atoms with Crippen LogP contribution in [0.2, 0.25) is 0 Å². The lowest BCUT2D eigenvalue weighted by Crippen LogP contribution is -2.55. The Balaban J connectivity index is 1.94. The van der Waals surface area contributed by atoms with Gasteiger partial charge >= 0.3 is 0 Å². The topological polar surface area (TPSA) is 58.2 Å². The Labute approximate surface area is 138 Å². The van der Waals surface area contributed by atoms with Crippen LogP contribution < -0.4 is 0 Å². The first-order chi connectivity index (χ1) is 10.6. The molecule has 2 atom stereocenters. The molecule has 5 heteroatoms. The highest BCUT2D eigenvalue weighted by Gasteiger charge is 2.42. The second kappa shape index (κ2) is 5.33. The van der Waals surface area contributed by atoms with Gasteiger partial charge in [-0.2, -0.15) is 5.10 Å². The van der Waals surface area contributed by atoms with Crippen LogP contribution in [-0.4, -0.2) is 39.2 Å². The molecule has 1 aromatic heterocycles. The van der Waals surface area contributed by atoms with Gasteiger partial charge in [0.2, 0.25) is 0 Å². The van der Waals surface area contributed by atoms with Crippen LogP contribution in [0.5, 0.6) is 0 Å². The Morgan fingerprint density at radius 3 is 2.65 bits per heavy atom. The molecule has 0 bridgehead atoms. The maximum absolute atomic E-state index is 13.3. The summed E-state index contributed by atoms with van der Waals surface area (Å²) in [6, 6.07) is 0. The summed E-state index contributed by atoms with van der Waals surface area (Å²) in [5, 5.41) is 7.42. The van der Waals surface area contributed by atoms with Gasteiger partial charge in [0.15, 0.2) is 5.69 Å². The summed E-state index contributed by atoms with van der Waals surface area (Å²) in [7, 11) is 0. The number of likely N-dealkylation sites (tertiary alicyclic amines) is 1. The van der Waals surface area contributed by atoms with Crippen molar-refractivity contribution in [1.29, 1.82) is 0 Å². The number of rotatable bonds is 1. The average molecular weight is 319 g/mol. The van der Waals surface area contributed by atoms with Crippen molar-refractivity contribution in [3.8, 4) is 0 Å². The van der Waals surface area contributed by atoms with Crippen LogP contribution in [0.3, 0.4) is 0 Å². The third-order valence-corrected chi connectivity index (χ3v) is 5.41. The van der Waals surface area contributed by atoms with E-state index in [1.54, 1.807) is 0 Å². The standard InChI is InChI=1S/C18H29N3O2/c1-11-9-13-14(12(2)23-11)19-20-15(13)16(22)21-10-17(3,4)7-8-18(21,5)6/h11-12H,7-10H2,1-6H3,(H,19,20)/t11-,12+/m1/s1. The van der Waals surface area contributed by atoms with E-state index in [9.17, 15) is 4.79 Å². The Bertz CT molecular complexity index is 618. The fourth-order valence-electron chi connectivity index (χ4n) is 3.83. The van der Waals surface area contributed by atoms with Crippen LogP contribution in [-0.2, 0) is 11.2 Å². The lowest BCUT2D eigenvalue weighted by Gasteiger charge is -2.48. The number of hydrogen-bond donors (Lipinski definition) is 1.